The molecule has 2 aromatic carbocycles. The molecule has 0 saturated heterocycles. The van der Waals surface area contributed by atoms with Crippen LogP contribution >= 0.6 is 0 Å². The molecule has 0 atom stereocenters. The highest BCUT2D eigenvalue weighted by Crippen LogP contribution is 2.38. The van der Waals surface area contributed by atoms with Gasteiger partial charge in [-0.05, 0) is 48.2 Å². The molecule has 24 heavy (non-hydrogen) atoms. The molecule has 0 heterocycles. The monoisotopic (exact) mass is 330 g/mol. The van der Waals surface area contributed by atoms with E-state index >= 15 is 0 Å². The van der Waals surface area contributed by atoms with Gasteiger partial charge >= 0.3 is 5.97 Å². The molecule has 0 N–H and O–H groups in total. The molecule has 0 aromatic heterocycles. The summed E-state index contributed by atoms with van der Waals surface area (Å²) < 4.78 is 20.8. The predicted octanol–water partition coefficient (Wildman–Crippen LogP) is 3.28. The van der Waals surface area contributed by atoms with E-state index in [2.05, 4.69) is 0 Å². The van der Waals surface area contributed by atoms with E-state index in [-0.39, 0.29) is 5.97 Å². The second-order valence-corrected chi connectivity index (χ2v) is 5.23. The van der Waals surface area contributed by atoms with Crippen LogP contribution in [0, 0.1) is 0 Å². The summed E-state index contributed by atoms with van der Waals surface area (Å²) in [6, 6.07) is 11.3. The Morgan fingerprint density at radius 2 is 1.46 bits per heavy atom. The average molecular weight is 330 g/mol. The van der Waals surface area contributed by atoms with Gasteiger partial charge in [-0.2, -0.15) is 0 Å². The summed E-state index contributed by atoms with van der Waals surface area (Å²) in [5.74, 6) is 1.52. The van der Waals surface area contributed by atoms with Crippen molar-refractivity contribution in [1.82, 2.24) is 0 Å². The van der Waals surface area contributed by atoms with Gasteiger partial charge in [0.2, 0.25) is 5.75 Å². The van der Waals surface area contributed by atoms with Crippen LogP contribution in [0.1, 0.15) is 21.5 Å². The van der Waals surface area contributed by atoms with Gasteiger partial charge in [0.15, 0.2) is 11.5 Å². The van der Waals surface area contributed by atoms with Crippen molar-refractivity contribution in [1.29, 1.82) is 0 Å². The summed E-state index contributed by atoms with van der Waals surface area (Å²) >= 11 is 0. The normalized spacial score (nSPS) is 10.2. The predicted molar refractivity (Wildman–Crippen MR) is 91.3 cm³/mol. The fourth-order valence-electron chi connectivity index (χ4n) is 2.54. The van der Waals surface area contributed by atoms with E-state index in [4.69, 9.17) is 18.9 Å². The fourth-order valence-corrected chi connectivity index (χ4v) is 2.54. The molecule has 5 nitrogen and oxygen atoms in total. The van der Waals surface area contributed by atoms with Gasteiger partial charge in [0, 0.05) is 0 Å². The molecule has 0 radical (unpaired) electrons. The Balaban J connectivity index is 2.19. The van der Waals surface area contributed by atoms with Crippen LogP contribution in [0.15, 0.2) is 36.4 Å². The highest BCUT2D eigenvalue weighted by atomic mass is 16.5. The van der Waals surface area contributed by atoms with Crippen molar-refractivity contribution in [2.45, 2.75) is 12.8 Å². The minimum Gasteiger partial charge on any atom is -0.493 e. The molecule has 2 aromatic rings. The van der Waals surface area contributed by atoms with Crippen LogP contribution in [0.5, 0.6) is 17.2 Å². The van der Waals surface area contributed by atoms with Gasteiger partial charge in [-0.15, -0.1) is 0 Å². The largest absolute Gasteiger partial charge is 0.493 e. The van der Waals surface area contributed by atoms with E-state index in [0.29, 0.717) is 22.8 Å². The van der Waals surface area contributed by atoms with Crippen molar-refractivity contribution >= 4 is 5.97 Å². The van der Waals surface area contributed by atoms with Crippen LogP contribution in [-0.2, 0) is 17.6 Å². The first-order valence-electron chi connectivity index (χ1n) is 7.59. The molecular weight excluding hydrogens is 308 g/mol. The third kappa shape index (κ3) is 3.98. The SMILES string of the molecule is COC(=O)c1cccc(CCc2cc(OC)c(OC)c(OC)c2)c1. The summed E-state index contributed by atoms with van der Waals surface area (Å²) in [7, 11) is 6.16. The Morgan fingerprint density at radius 3 is 2.00 bits per heavy atom. The molecule has 0 amide bonds. The Bertz CT molecular complexity index is 684. The zero-order valence-corrected chi connectivity index (χ0v) is 14.4. The lowest BCUT2D eigenvalue weighted by molar-refractivity contribution is 0.0600. The number of esters is 1. The molecule has 0 spiro atoms. The maximum absolute atomic E-state index is 11.6. The summed E-state index contributed by atoms with van der Waals surface area (Å²) in [6.45, 7) is 0. The van der Waals surface area contributed by atoms with Gasteiger partial charge in [0.1, 0.15) is 0 Å². The Kier molecular flexibility index (Phi) is 6.07. The van der Waals surface area contributed by atoms with E-state index in [1.807, 2.05) is 30.3 Å². The lowest BCUT2D eigenvalue weighted by atomic mass is 10.0. The molecule has 128 valence electrons. The highest BCUT2D eigenvalue weighted by molar-refractivity contribution is 5.89. The molecule has 0 aliphatic rings. The zero-order chi connectivity index (χ0) is 17.5. The van der Waals surface area contributed by atoms with Crippen LogP contribution in [0.25, 0.3) is 0 Å². The molecule has 0 bridgehead atoms. The number of hydrogen-bond acceptors (Lipinski definition) is 5. The molecule has 0 aliphatic carbocycles. The standard InChI is InChI=1S/C19H22O5/c1-21-16-11-14(12-17(22-2)18(16)23-3)9-8-13-6-5-7-15(10-13)19(20)24-4/h5-7,10-12H,8-9H2,1-4H3. The molecule has 0 aliphatic heterocycles. The number of rotatable bonds is 7. The number of carbonyl (C=O) groups is 1. The Morgan fingerprint density at radius 1 is 0.833 bits per heavy atom. The number of aryl methyl sites for hydroxylation is 2. The first-order chi connectivity index (χ1) is 11.6. The van der Waals surface area contributed by atoms with Gasteiger partial charge in [-0.3, -0.25) is 0 Å². The first-order valence-corrected chi connectivity index (χ1v) is 7.59. The number of benzene rings is 2. The van der Waals surface area contributed by atoms with E-state index in [1.54, 1.807) is 27.4 Å². The topological polar surface area (TPSA) is 54.0 Å². The maximum atomic E-state index is 11.6. The van der Waals surface area contributed by atoms with Crippen molar-refractivity contribution in [2.24, 2.45) is 0 Å². The summed E-state index contributed by atoms with van der Waals surface area (Å²) in [5, 5.41) is 0. The summed E-state index contributed by atoms with van der Waals surface area (Å²) in [6.07, 6.45) is 1.56. The maximum Gasteiger partial charge on any atom is 0.337 e. The van der Waals surface area contributed by atoms with Crippen LogP contribution in [0.4, 0.5) is 0 Å². The third-order valence-corrected chi connectivity index (χ3v) is 3.77. The van der Waals surface area contributed by atoms with Crippen LogP contribution < -0.4 is 14.2 Å². The number of hydrogen-bond donors (Lipinski definition) is 0. The van der Waals surface area contributed by atoms with Crippen molar-refractivity contribution in [3.8, 4) is 17.2 Å². The van der Waals surface area contributed by atoms with Gasteiger partial charge in [-0.25, -0.2) is 4.79 Å². The van der Waals surface area contributed by atoms with Gasteiger partial charge in [0.05, 0.1) is 34.0 Å². The second kappa shape index (κ2) is 8.24. The lowest BCUT2D eigenvalue weighted by Gasteiger charge is -2.14. The van der Waals surface area contributed by atoms with E-state index < -0.39 is 0 Å². The van der Waals surface area contributed by atoms with Crippen molar-refractivity contribution in [3.63, 3.8) is 0 Å². The quantitative estimate of drug-likeness (QED) is 0.729. The Labute approximate surface area is 142 Å². The minimum absolute atomic E-state index is 0.329. The van der Waals surface area contributed by atoms with Crippen LogP contribution in [0.3, 0.4) is 0 Å². The van der Waals surface area contributed by atoms with E-state index in [0.717, 1.165) is 24.0 Å². The molecule has 0 fully saturated rings. The van der Waals surface area contributed by atoms with Gasteiger partial charge in [-0.1, -0.05) is 12.1 Å². The molecule has 0 saturated carbocycles. The fraction of sp³-hybridized carbons (Fsp3) is 0.316. The molecule has 5 heteroatoms. The van der Waals surface area contributed by atoms with Crippen molar-refractivity contribution in [3.05, 3.63) is 53.1 Å². The van der Waals surface area contributed by atoms with Crippen molar-refractivity contribution in [2.75, 3.05) is 28.4 Å². The molecular formula is C19H22O5. The number of ether oxygens (including phenoxy) is 4. The van der Waals surface area contributed by atoms with Crippen LogP contribution in [-0.4, -0.2) is 34.4 Å². The van der Waals surface area contributed by atoms with Crippen molar-refractivity contribution < 1.29 is 23.7 Å². The van der Waals surface area contributed by atoms with Crippen LogP contribution in [0.2, 0.25) is 0 Å². The van der Waals surface area contributed by atoms with Gasteiger partial charge < -0.3 is 18.9 Å². The summed E-state index contributed by atoms with van der Waals surface area (Å²) in [4.78, 5) is 11.6. The third-order valence-electron chi connectivity index (χ3n) is 3.77. The second-order valence-electron chi connectivity index (χ2n) is 5.23. The smallest absolute Gasteiger partial charge is 0.337 e. The lowest BCUT2D eigenvalue weighted by Crippen LogP contribution is -2.02. The van der Waals surface area contributed by atoms with E-state index in [9.17, 15) is 4.79 Å². The molecule has 2 rings (SSSR count). The van der Waals surface area contributed by atoms with Gasteiger partial charge in [0.25, 0.3) is 0 Å². The molecule has 0 unspecified atom stereocenters. The number of carbonyl (C=O) groups excluding carboxylic acids is 1. The van der Waals surface area contributed by atoms with E-state index in [1.165, 1.54) is 7.11 Å². The average Bonchev–Trinajstić information content (AvgIpc) is 2.64. The zero-order valence-electron chi connectivity index (χ0n) is 14.4. The number of methoxy groups -OCH3 is 4. The highest BCUT2D eigenvalue weighted by Gasteiger charge is 2.13. The summed E-state index contributed by atoms with van der Waals surface area (Å²) in [5.41, 5.74) is 2.68. The minimum atomic E-state index is -0.329. The Hall–Kier alpha value is -2.69. The first kappa shape index (κ1) is 17.7.